The summed E-state index contributed by atoms with van der Waals surface area (Å²) in [6.07, 6.45) is 1.96. The molecule has 3 rings (SSSR count). The smallest absolute Gasteiger partial charge is 0.286 e. The zero-order chi connectivity index (χ0) is 23.6. The van der Waals surface area contributed by atoms with E-state index in [1.165, 1.54) is 6.26 Å². The van der Waals surface area contributed by atoms with Crippen molar-refractivity contribution in [2.24, 2.45) is 0 Å². The van der Waals surface area contributed by atoms with Gasteiger partial charge in [-0.3, -0.25) is 25.2 Å². The van der Waals surface area contributed by atoms with Crippen LogP contribution in [0.5, 0.6) is 5.75 Å². The van der Waals surface area contributed by atoms with Gasteiger partial charge in [-0.05, 0) is 66.9 Å². The quantitative estimate of drug-likeness (QED) is 0.326. The number of hydrogen-bond acceptors (Lipinski definition) is 5. The van der Waals surface area contributed by atoms with E-state index in [4.69, 9.17) is 20.8 Å². The molecule has 8 nitrogen and oxygen atoms in total. The molecule has 3 N–H and O–H groups in total. The van der Waals surface area contributed by atoms with Gasteiger partial charge in [-0.25, -0.2) is 0 Å². The zero-order valence-corrected chi connectivity index (χ0v) is 18.8. The van der Waals surface area contributed by atoms with Gasteiger partial charge in [0.15, 0.2) is 5.76 Å². The van der Waals surface area contributed by atoms with Crippen LogP contribution in [-0.2, 0) is 11.4 Å². The molecule has 0 spiro atoms. The van der Waals surface area contributed by atoms with E-state index in [9.17, 15) is 14.4 Å². The summed E-state index contributed by atoms with van der Waals surface area (Å²) in [6.45, 7) is 2.55. The number of ether oxygens (including phenoxy) is 1. The fourth-order valence-corrected chi connectivity index (χ4v) is 2.95. The lowest BCUT2D eigenvalue weighted by molar-refractivity contribution is -0.121. The van der Waals surface area contributed by atoms with Crippen molar-refractivity contribution in [1.82, 2.24) is 16.2 Å². The summed E-state index contributed by atoms with van der Waals surface area (Å²) in [4.78, 5) is 35.8. The number of hydrogen-bond donors (Lipinski definition) is 3. The summed E-state index contributed by atoms with van der Waals surface area (Å²) in [6, 6.07) is 15.5. The summed E-state index contributed by atoms with van der Waals surface area (Å²) in [7, 11) is 0. The van der Waals surface area contributed by atoms with Crippen molar-refractivity contribution < 1.29 is 23.5 Å². The number of hydrazine groups is 1. The van der Waals surface area contributed by atoms with Crippen LogP contribution in [0, 0.1) is 6.92 Å². The van der Waals surface area contributed by atoms with Crippen molar-refractivity contribution in [1.29, 1.82) is 0 Å². The Balaban J connectivity index is 1.35. The van der Waals surface area contributed by atoms with Crippen LogP contribution in [0.2, 0.25) is 5.02 Å². The molecule has 1 heterocycles. The first-order valence-electron chi connectivity index (χ1n) is 10.3. The van der Waals surface area contributed by atoms with E-state index in [-0.39, 0.29) is 24.0 Å². The van der Waals surface area contributed by atoms with Crippen LogP contribution in [0.3, 0.4) is 0 Å². The van der Waals surface area contributed by atoms with E-state index in [0.717, 1.165) is 11.1 Å². The molecule has 0 saturated carbocycles. The van der Waals surface area contributed by atoms with Gasteiger partial charge in [0, 0.05) is 23.6 Å². The summed E-state index contributed by atoms with van der Waals surface area (Å²) in [5.74, 6) is -0.216. The Morgan fingerprint density at radius 1 is 1.00 bits per heavy atom. The van der Waals surface area contributed by atoms with E-state index in [1.807, 2.05) is 13.0 Å². The van der Waals surface area contributed by atoms with Gasteiger partial charge in [-0.2, -0.15) is 0 Å². The fraction of sp³-hybridized carbons (Fsp3) is 0.208. The van der Waals surface area contributed by atoms with E-state index in [2.05, 4.69) is 16.2 Å². The van der Waals surface area contributed by atoms with Gasteiger partial charge >= 0.3 is 0 Å². The Hall–Kier alpha value is -3.78. The topological polar surface area (TPSA) is 110 Å². The van der Waals surface area contributed by atoms with Crippen molar-refractivity contribution in [3.05, 3.63) is 88.3 Å². The van der Waals surface area contributed by atoms with Crippen LogP contribution >= 0.6 is 11.6 Å². The predicted octanol–water partition coefficient (Wildman–Crippen LogP) is 3.79. The van der Waals surface area contributed by atoms with Crippen molar-refractivity contribution >= 4 is 29.3 Å². The molecule has 0 atom stereocenters. The number of nitrogens with one attached hydrogen (secondary N) is 3. The van der Waals surface area contributed by atoms with Gasteiger partial charge in [0.25, 0.3) is 11.8 Å². The highest BCUT2D eigenvalue weighted by Gasteiger charge is 2.10. The molecule has 0 fully saturated rings. The van der Waals surface area contributed by atoms with Crippen LogP contribution in [0.4, 0.5) is 0 Å². The minimum absolute atomic E-state index is 0.138. The van der Waals surface area contributed by atoms with E-state index < -0.39 is 5.91 Å². The third kappa shape index (κ3) is 7.40. The minimum atomic E-state index is -0.435. The van der Waals surface area contributed by atoms with E-state index >= 15 is 0 Å². The van der Waals surface area contributed by atoms with Crippen molar-refractivity contribution in [2.75, 3.05) is 6.54 Å². The highest BCUT2D eigenvalue weighted by atomic mass is 35.5. The molecule has 3 amide bonds. The van der Waals surface area contributed by atoms with Gasteiger partial charge in [-0.1, -0.05) is 23.7 Å². The molecule has 0 bridgehead atoms. The lowest BCUT2D eigenvalue weighted by Gasteiger charge is -2.10. The number of aryl methyl sites for hydroxylation is 1. The van der Waals surface area contributed by atoms with Gasteiger partial charge in [0.05, 0.1) is 6.26 Å². The molecule has 3 aromatic rings. The Labute approximate surface area is 196 Å². The van der Waals surface area contributed by atoms with Crippen LogP contribution in [-0.4, -0.2) is 24.3 Å². The van der Waals surface area contributed by atoms with Crippen LogP contribution in [0.25, 0.3) is 0 Å². The molecule has 2 aromatic carbocycles. The van der Waals surface area contributed by atoms with E-state index in [1.54, 1.807) is 48.5 Å². The molecule has 0 unspecified atom stereocenters. The SMILES string of the molecule is Cc1cc(OCc2ccc(C(=O)NNC(=O)CCCNC(=O)c3ccco3)cc2)ccc1Cl. The minimum Gasteiger partial charge on any atom is -0.489 e. The fourth-order valence-electron chi connectivity index (χ4n) is 2.83. The molecular weight excluding hydrogens is 446 g/mol. The molecule has 0 saturated heterocycles. The van der Waals surface area contributed by atoms with E-state index in [0.29, 0.717) is 35.9 Å². The highest BCUT2D eigenvalue weighted by molar-refractivity contribution is 6.31. The number of rotatable bonds is 9. The van der Waals surface area contributed by atoms with Crippen LogP contribution < -0.4 is 20.9 Å². The molecule has 0 radical (unpaired) electrons. The Morgan fingerprint density at radius 2 is 1.79 bits per heavy atom. The van der Waals surface area contributed by atoms with Gasteiger partial charge < -0.3 is 14.5 Å². The maximum Gasteiger partial charge on any atom is 0.286 e. The lowest BCUT2D eigenvalue weighted by Crippen LogP contribution is -2.41. The van der Waals surface area contributed by atoms with Gasteiger partial charge in [0.2, 0.25) is 5.91 Å². The third-order valence-corrected chi connectivity index (χ3v) is 5.10. The van der Waals surface area contributed by atoms with Crippen molar-refractivity contribution in [3.8, 4) is 5.75 Å². The van der Waals surface area contributed by atoms with Crippen molar-refractivity contribution in [2.45, 2.75) is 26.4 Å². The molecule has 0 aliphatic rings. The number of benzene rings is 2. The first-order chi connectivity index (χ1) is 15.9. The molecule has 0 aliphatic heterocycles. The number of amides is 3. The van der Waals surface area contributed by atoms with Gasteiger partial charge in [-0.15, -0.1) is 0 Å². The molecule has 172 valence electrons. The van der Waals surface area contributed by atoms with Gasteiger partial charge in [0.1, 0.15) is 12.4 Å². The number of carbonyl (C=O) groups excluding carboxylic acids is 3. The molecule has 33 heavy (non-hydrogen) atoms. The average Bonchev–Trinajstić information content (AvgIpc) is 3.36. The Kier molecular flexibility index (Phi) is 8.49. The molecule has 9 heteroatoms. The largest absolute Gasteiger partial charge is 0.489 e. The number of halogens is 1. The second-order valence-corrected chi connectivity index (χ2v) is 7.64. The lowest BCUT2D eigenvalue weighted by atomic mass is 10.1. The molecule has 1 aromatic heterocycles. The standard InChI is InChI=1S/C24H24ClN3O5/c1-16-14-19(10-11-20(16)25)33-15-17-6-8-18(9-7-17)23(30)28-27-22(29)5-2-12-26-24(31)21-4-3-13-32-21/h3-4,6-11,13-14H,2,5,12,15H2,1H3,(H,26,31)(H,27,29)(H,28,30). The van der Waals surface area contributed by atoms with Crippen LogP contribution in [0.1, 0.15) is 44.9 Å². The second kappa shape index (κ2) is 11.7. The summed E-state index contributed by atoms with van der Waals surface area (Å²) in [5, 5.41) is 3.33. The summed E-state index contributed by atoms with van der Waals surface area (Å²) < 4.78 is 10.7. The highest BCUT2D eigenvalue weighted by Crippen LogP contribution is 2.21. The number of carbonyl (C=O) groups is 3. The van der Waals surface area contributed by atoms with Crippen LogP contribution in [0.15, 0.2) is 65.3 Å². The Bertz CT molecular complexity index is 1100. The zero-order valence-electron chi connectivity index (χ0n) is 18.0. The summed E-state index contributed by atoms with van der Waals surface area (Å²) >= 11 is 6.01. The predicted molar refractivity (Wildman–Crippen MR) is 123 cm³/mol. The summed E-state index contributed by atoms with van der Waals surface area (Å²) in [5.41, 5.74) is 6.95. The number of furan rings is 1. The monoisotopic (exact) mass is 469 g/mol. The third-order valence-electron chi connectivity index (χ3n) is 4.68. The maximum absolute atomic E-state index is 12.2. The first kappa shape index (κ1) is 23.9. The average molecular weight is 470 g/mol. The maximum atomic E-state index is 12.2. The Morgan fingerprint density at radius 3 is 2.48 bits per heavy atom. The van der Waals surface area contributed by atoms with Crippen molar-refractivity contribution in [3.63, 3.8) is 0 Å². The normalized spacial score (nSPS) is 10.4. The first-order valence-corrected chi connectivity index (χ1v) is 10.7. The second-order valence-electron chi connectivity index (χ2n) is 7.24. The molecular formula is C24H24ClN3O5. The molecule has 0 aliphatic carbocycles.